The number of rotatable bonds is 1. The molecule has 1 aromatic heterocycles. The van der Waals surface area contributed by atoms with Gasteiger partial charge >= 0.3 is 0 Å². The lowest BCUT2D eigenvalue weighted by Gasteiger charge is -1.89. The van der Waals surface area contributed by atoms with Crippen LogP contribution in [0.15, 0.2) is 12.4 Å². The van der Waals surface area contributed by atoms with Crippen LogP contribution >= 0.6 is 11.8 Å². The molecule has 1 rings (SSSR count). The largest absolute Gasteiger partial charge is 0.368 e. The maximum absolute atomic E-state index is 10.6. The molecule has 0 saturated heterocycles. The van der Waals surface area contributed by atoms with Crippen molar-refractivity contribution in [3.8, 4) is 11.8 Å². The van der Waals surface area contributed by atoms with Crippen LogP contribution < -0.4 is 5.73 Å². The fraction of sp³-hybridized carbons (Fsp3) is 0.222. The molecule has 14 heavy (non-hydrogen) atoms. The van der Waals surface area contributed by atoms with Crippen LogP contribution in [-0.4, -0.2) is 20.8 Å². The molecular formula is C9H9N3OS. The van der Waals surface area contributed by atoms with Crippen molar-refractivity contribution in [2.45, 2.75) is 6.92 Å². The molecule has 0 spiro atoms. The molecular weight excluding hydrogens is 198 g/mol. The zero-order valence-electron chi connectivity index (χ0n) is 7.65. The van der Waals surface area contributed by atoms with Crippen molar-refractivity contribution >= 4 is 22.8 Å². The second-order valence-electron chi connectivity index (χ2n) is 2.41. The Labute approximate surface area is 86.3 Å². The number of hydrogen-bond donors (Lipinski definition) is 1. The van der Waals surface area contributed by atoms with Crippen LogP contribution in [0.2, 0.25) is 0 Å². The fourth-order valence-electron chi connectivity index (χ4n) is 0.678. The first-order valence-electron chi connectivity index (χ1n) is 3.88. The van der Waals surface area contributed by atoms with E-state index < -0.39 is 0 Å². The molecule has 5 heteroatoms. The molecule has 0 radical (unpaired) electrons. The van der Waals surface area contributed by atoms with Gasteiger partial charge in [-0.05, 0) is 0 Å². The summed E-state index contributed by atoms with van der Waals surface area (Å²) in [5.74, 6) is 6.36. The summed E-state index contributed by atoms with van der Waals surface area (Å²) in [6.45, 7) is 1.51. The van der Waals surface area contributed by atoms with Gasteiger partial charge in [-0.15, -0.1) is 0 Å². The van der Waals surface area contributed by atoms with Gasteiger partial charge in [-0.25, -0.2) is 9.97 Å². The molecule has 0 unspecified atom stereocenters. The maximum Gasteiger partial charge on any atom is 0.219 e. The third-order valence-corrected chi connectivity index (χ3v) is 1.95. The third kappa shape index (κ3) is 3.92. The zero-order valence-corrected chi connectivity index (χ0v) is 8.47. The standard InChI is InChI=1S/C9H9N3OS/c1-7(13)14-4-2-3-8-5-11-9(10)12-6-8/h5-6H,4H2,1H3,(H2,10,11,12). The lowest BCUT2D eigenvalue weighted by molar-refractivity contribution is -0.109. The third-order valence-electron chi connectivity index (χ3n) is 1.25. The summed E-state index contributed by atoms with van der Waals surface area (Å²) in [4.78, 5) is 18.1. The van der Waals surface area contributed by atoms with Crippen molar-refractivity contribution in [3.63, 3.8) is 0 Å². The molecule has 0 amide bonds. The van der Waals surface area contributed by atoms with E-state index in [2.05, 4.69) is 21.8 Å². The van der Waals surface area contributed by atoms with Crippen LogP contribution in [0, 0.1) is 11.8 Å². The van der Waals surface area contributed by atoms with Gasteiger partial charge in [-0.1, -0.05) is 23.6 Å². The van der Waals surface area contributed by atoms with Gasteiger partial charge in [0.1, 0.15) is 0 Å². The van der Waals surface area contributed by atoms with Gasteiger partial charge < -0.3 is 5.73 Å². The molecule has 0 aliphatic rings. The topological polar surface area (TPSA) is 68.9 Å². The maximum atomic E-state index is 10.6. The van der Waals surface area contributed by atoms with Gasteiger partial charge in [0.05, 0.1) is 11.3 Å². The minimum Gasteiger partial charge on any atom is -0.368 e. The van der Waals surface area contributed by atoms with E-state index in [9.17, 15) is 4.79 Å². The number of anilines is 1. The summed E-state index contributed by atoms with van der Waals surface area (Å²) < 4.78 is 0. The lowest BCUT2D eigenvalue weighted by Crippen LogP contribution is -1.93. The Morgan fingerprint density at radius 3 is 2.79 bits per heavy atom. The number of nitrogen functional groups attached to an aromatic ring is 1. The lowest BCUT2D eigenvalue weighted by atomic mass is 10.3. The highest BCUT2D eigenvalue weighted by atomic mass is 32.2. The quantitative estimate of drug-likeness (QED) is 0.686. The number of thioether (sulfide) groups is 1. The SMILES string of the molecule is CC(=O)SCC#Cc1cnc(N)nc1. The number of nitrogens with two attached hydrogens (primary N) is 1. The highest BCUT2D eigenvalue weighted by Gasteiger charge is 1.90. The van der Waals surface area contributed by atoms with Crippen LogP contribution in [0.4, 0.5) is 5.95 Å². The molecule has 0 aliphatic carbocycles. The van der Waals surface area contributed by atoms with Gasteiger partial charge in [0, 0.05) is 19.3 Å². The number of aromatic nitrogens is 2. The Morgan fingerprint density at radius 1 is 1.57 bits per heavy atom. The zero-order chi connectivity index (χ0) is 10.4. The van der Waals surface area contributed by atoms with E-state index in [0.717, 1.165) is 0 Å². The molecule has 0 saturated carbocycles. The molecule has 4 nitrogen and oxygen atoms in total. The minimum absolute atomic E-state index is 0.0628. The molecule has 72 valence electrons. The van der Waals surface area contributed by atoms with Crippen molar-refractivity contribution in [2.75, 3.05) is 11.5 Å². The second-order valence-corrected chi connectivity index (χ2v) is 3.56. The number of hydrogen-bond acceptors (Lipinski definition) is 5. The van der Waals surface area contributed by atoms with Crippen LogP contribution in [0.3, 0.4) is 0 Å². The summed E-state index contributed by atoms with van der Waals surface area (Å²) in [6.07, 6.45) is 3.10. The summed E-state index contributed by atoms with van der Waals surface area (Å²) in [5, 5.41) is 0.0628. The average molecular weight is 207 g/mol. The van der Waals surface area contributed by atoms with Crippen LogP contribution in [0.1, 0.15) is 12.5 Å². The van der Waals surface area contributed by atoms with Crippen LogP contribution in [0.5, 0.6) is 0 Å². The Kier molecular flexibility index (Phi) is 3.95. The monoisotopic (exact) mass is 207 g/mol. The summed E-state index contributed by atoms with van der Waals surface area (Å²) in [5.41, 5.74) is 6.00. The molecule has 0 bridgehead atoms. The Bertz CT molecular complexity index is 377. The Hall–Kier alpha value is -1.54. The van der Waals surface area contributed by atoms with E-state index in [1.807, 2.05) is 0 Å². The van der Waals surface area contributed by atoms with Gasteiger partial charge in [-0.3, -0.25) is 4.79 Å². The smallest absolute Gasteiger partial charge is 0.219 e. The first-order valence-corrected chi connectivity index (χ1v) is 4.87. The minimum atomic E-state index is 0.0628. The summed E-state index contributed by atoms with van der Waals surface area (Å²) in [6, 6.07) is 0. The van der Waals surface area contributed by atoms with Crippen LogP contribution in [0.25, 0.3) is 0 Å². The molecule has 0 fully saturated rings. The Morgan fingerprint density at radius 2 is 2.21 bits per heavy atom. The number of nitrogens with zero attached hydrogens (tertiary/aromatic N) is 2. The van der Waals surface area contributed by atoms with Crippen molar-refractivity contribution in [2.24, 2.45) is 0 Å². The Balaban J connectivity index is 2.51. The van der Waals surface area contributed by atoms with Crippen molar-refractivity contribution in [3.05, 3.63) is 18.0 Å². The second kappa shape index (κ2) is 5.25. The van der Waals surface area contributed by atoms with E-state index in [4.69, 9.17) is 5.73 Å². The molecule has 0 aliphatic heterocycles. The first-order chi connectivity index (χ1) is 6.68. The summed E-state index contributed by atoms with van der Waals surface area (Å²) in [7, 11) is 0. The van der Waals surface area contributed by atoms with E-state index in [0.29, 0.717) is 11.3 Å². The predicted octanol–water partition coefficient (Wildman–Crippen LogP) is 0.690. The molecule has 1 heterocycles. The van der Waals surface area contributed by atoms with Crippen molar-refractivity contribution < 1.29 is 4.79 Å². The fourth-order valence-corrected chi connectivity index (χ4v) is 1.03. The molecule has 0 aromatic carbocycles. The van der Waals surface area contributed by atoms with Crippen molar-refractivity contribution in [1.82, 2.24) is 9.97 Å². The van der Waals surface area contributed by atoms with Crippen molar-refractivity contribution in [1.29, 1.82) is 0 Å². The van der Waals surface area contributed by atoms with E-state index in [1.54, 1.807) is 12.4 Å². The highest BCUT2D eigenvalue weighted by molar-refractivity contribution is 8.13. The number of carbonyl (C=O) groups is 1. The van der Waals surface area contributed by atoms with Gasteiger partial charge in [0.25, 0.3) is 0 Å². The van der Waals surface area contributed by atoms with E-state index in [1.165, 1.54) is 18.7 Å². The van der Waals surface area contributed by atoms with E-state index in [-0.39, 0.29) is 11.1 Å². The molecule has 0 atom stereocenters. The van der Waals surface area contributed by atoms with Gasteiger partial charge in [-0.2, -0.15) is 0 Å². The van der Waals surface area contributed by atoms with E-state index >= 15 is 0 Å². The normalized spacial score (nSPS) is 8.93. The summed E-state index contributed by atoms with van der Waals surface area (Å²) >= 11 is 1.18. The van der Waals surface area contributed by atoms with Gasteiger partial charge in [0.2, 0.25) is 5.95 Å². The average Bonchev–Trinajstić information content (AvgIpc) is 2.15. The highest BCUT2D eigenvalue weighted by Crippen LogP contribution is 1.99. The first kappa shape index (κ1) is 10.5. The molecule has 1 aromatic rings. The predicted molar refractivity (Wildman–Crippen MR) is 56.5 cm³/mol. The van der Waals surface area contributed by atoms with Crippen LogP contribution in [-0.2, 0) is 4.79 Å². The van der Waals surface area contributed by atoms with Gasteiger partial charge in [0.15, 0.2) is 5.12 Å². The molecule has 2 N–H and O–H groups in total. The number of carbonyl (C=O) groups excluding carboxylic acids is 1.